The molecule has 0 radical (unpaired) electrons. The second kappa shape index (κ2) is 11.6. The molecule has 0 amide bonds. The number of piperidine rings is 2. The highest BCUT2D eigenvalue weighted by Crippen LogP contribution is 2.37. The standard InChI is InChI=1S/C30H35ClN8O/c31-25-6-4-24(5-7-25)30(22-40)10-17-37(18-11-30)27-3-1-14-38-29(27)34-28(35-38)19-23-20-33-39(21-23)26-8-15-36(16-9-26)13-2-12-32/h1,3-7,14,20-21,26,40H,2,8-11,13,15-19,22H2. The molecule has 9 nitrogen and oxygen atoms in total. The van der Waals surface area contributed by atoms with Crippen molar-refractivity contribution < 1.29 is 5.11 Å². The second-order valence-corrected chi connectivity index (χ2v) is 11.5. The van der Waals surface area contributed by atoms with Crippen LogP contribution in [0.15, 0.2) is 55.0 Å². The second-order valence-electron chi connectivity index (χ2n) is 11.1. The van der Waals surface area contributed by atoms with Crippen molar-refractivity contribution in [2.45, 2.75) is 50.0 Å². The van der Waals surface area contributed by atoms with Crippen molar-refractivity contribution in [1.29, 1.82) is 5.26 Å². The molecule has 208 valence electrons. The molecule has 2 aliphatic rings. The summed E-state index contributed by atoms with van der Waals surface area (Å²) in [6, 6.07) is 14.7. The van der Waals surface area contributed by atoms with E-state index in [-0.39, 0.29) is 12.0 Å². The van der Waals surface area contributed by atoms with Crippen molar-refractivity contribution in [1.82, 2.24) is 29.3 Å². The molecule has 4 aromatic rings. The van der Waals surface area contributed by atoms with Crippen molar-refractivity contribution in [3.8, 4) is 6.07 Å². The quantitative estimate of drug-likeness (QED) is 0.345. The molecule has 1 aromatic carbocycles. The molecule has 2 aliphatic heterocycles. The van der Waals surface area contributed by atoms with E-state index in [9.17, 15) is 5.11 Å². The van der Waals surface area contributed by atoms with Gasteiger partial charge in [0.05, 0.1) is 30.6 Å². The number of aromatic nitrogens is 5. The van der Waals surface area contributed by atoms with Crippen LogP contribution < -0.4 is 4.90 Å². The Kier molecular flexibility index (Phi) is 7.74. The molecule has 40 heavy (non-hydrogen) atoms. The van der Waals surface area contributed by atoms with Gasteiger partial charge in [0, 0.05) is 68.4 Å². The first-order valence-corrected chi connectivity index (χ1v) is 14.5. The Morgan fingerprint density at radius 3 is 2.58 bits per heavy atom. The smallest absolute Gasteiger partial charge is 0.178 e. The number of nitrogens with zero attached hydrogens (tertiary/aromatic N) is 8. The van der Waals surface area contributed by atoms with Crippen molar-refractivity contribution in [2.75, 3.05) is 44.2 Å². The van der Waals surface area contributed by atoms with Crippen molar-refractivity contribution in [3.05, 3.63) is 77.0 Å². The summed E-state index contributed by atoms with van der Waals surface area (Å²) < 4.78 is 3.97. The van der Waals surface area contributed by atoms with E-state index >= 15 is 0 Å². The highest BCUT2D eigenvalue weighted by atomic mass is 35.5. The predicted octanol–water partition coefficient (Wildman–Crippen LogP) is 4.25. The Morgan fingerprint density at radius 1 is 1.07 bits per heavy atom. The fourth-order valence-electron chi connectivity index (χ4n) is 6.24. The Labute approximate surface area is 239 Å². The molecule has 5 heterocycles. The molecule has 0 saturated carbocycles. The maximum absolute atomic E-state index is 10.4. The van der Waals surface area contributed by atoms with Gasteiger partial charge < -0.3 is 14.9 Å². The number of hydrogen-bond acceptors (Lipinski definition) is 7. The highest BCUT2D eigenvalue weighted by molar-refractivity contribution is 6.30. The van der Waals surface area contributed by atoms with Gasteiger partial charge in [-0.25, -0.2) is 9.50 Å². The zero-order valence-electron chi connectivity index (χ0n) is 22.7. The summed E-state index contributed by atoms with van der Waals surface area (Å²) in [5.74, 6) is 0.779. The van der Waals surface area contributed by atoms with Crippen LogP contribution in [0.5, 0.6) is 0 Å². The zero-order valence-corrected chi connectivity index (χ0v) is 23.4. The summed E-state index contributed by atoms with van der Waals surface area (Å²) in [7, 11) is 0. The summed E-state index contributed by atoms with van der Waals surface area (Å²) in [4.78, 5) is 9.67. The van der Waals surface area contributed by atoms with Gasteiger partial charge in [0.15, 0.2) is 11.5 Å². The number of halogens is 1. The molecular formula is C30H35ClN8O. The molecule has 3 aromatic heterocycles. The van der Waals surface area contributed by atoms with Gasteiger partial charge in [-0.1, -0.05) is 23.7 Å². The van der Waals surface area contributed by atoms with Crippen LogP contribution in [0.4, 0.5) is 5.69 Å². The van der Waals surface area contributed by atoms with Gasteiger partial charge in [-0.05, 0) is 61.1 Å². The normalized spacial score (nSPS) is 18.3. The molecule has 0 aliphatic carbocycles. The number of aliphatic hydroxyl groups excluding tert-OH is 1. The average Bonchev–Trinajstić information content (AvgIpc) is 3.64. The fraction of sp³-hybridized carbons (Fsp3) is 0.467. The molecule has 0 unspecified atom stereocenters. The molecule has 0 spiro atoms. The van der Waals surface area contributed by atoms with Gasteiger partial charge in [-0.3, -0.25) is 4.68 Å². The van der Waals surface area contributed by atoms with Gasteiger partial charge in [0.1, 0.15) is 0 Å². The van der Waals surface area contributed by atoms with E-state index in [1.807, 2.05) is 47.2 Å². The number of aliphatic hydroxyl groups is 1. The first kappa shape index (κ1) is 26.8. The molecule has 0 bridgehead atoms. The lowest BCUT2D eigenvalue weighted by atomic mass is 9.73. The predicted molar refractivity (Wildman–Crippen MR) is 155 cm³/mol. The highest BCUT2D eigenvalue weighted by Gasteiger charge is 2.36. The lowest BCUT2D eigenvalue weighted by Gasteiger charge is -2.42. The molecule has 1 N–H and O–H groups in total. The maximum Gasteiger partial charge on any atom is 0.178 e. The van der Waals surface area contributed by atoms with Gasteiger partial charge in [0.25, 0.3) is 0 Å². The summed E-state index contributed by atoms with van der Waals surface area (Å²) in [5.41, 5.74) is 3.93. The minimum absolute atomic E-state index is 0.121. The number of anilines is 1. The Balaban J connectivity index is 1.12. The SMILES string of the molecule is N#CCCN1CCC(n2cc(Cc3nc4c(N5CCC(CO)(c6ccc(Cl)cc6)CC5)cccn4n3)cn2)CC1. The summed E-state index contributed by atoms with van der Waals surface area (Å²) in [6.45, 7) is 4.65. The van der Waals surface area contributed by atoms with E-state index in [0.29, 0.717) is 23.9 Å². The number of likely N-dealkylation sites (tertiary alicyclic amines) is 1. The third-order valence-corrected chi connectivity index (χ3v) is 8.95. The monoisotopic (exact) mass is 558 g/mol. The lowest BCUT2D eigenvalue weighted by Crippen LogP contribution is -2.45. The molecule has 2 fully saturated rings. The molecule has 2 saturated heterocycles. The topological polar surface area (TPSA) is 98.5 Å². The lowest BCUT2D eigenvalue weighted by molar-refractivity contribution is 0.165. The van der Waals surface area contributed by atoms with Crippen LogP contribution in [0.1, 0.15) is 55.1 Å². The Morgan fingerprint density at radius 2 is 1.85 bits per heavy atom. The third-order valence-electron chi connectivity index (χ3n) is 8.69. The van der Waals surface area contributed by atoms with E-state index in [2.05, 4.69) is 37.9 Å². The number of fused-ring (bicyclic) bond motifs is 1. The van der Waals surface area contributed by atoms with Crippen molar-refractivity contribution in [2.24, 2.45) is 0 Å². The minimum atomic E-state index is -0.252. The first-order valence-electron chi connectivity index (χ1n) is 14.2. The van der Waals surface area contributed by atoms with Gasteiger partial charge >= 0.3 is 0 Å². The van der Waals surface area contributed by atoms with E-state index in [0.717, 1.165) is 86.7 Å². The van der Waals surface area contributed by atoms with Crippen LogP contribution in [0, 0.1) is 11.3 Å². The van der Waals surface area contributed by atoms with E-state index < -0.39 is 0 Å². The number of pyridine rings is 1. The number of rotatable bonds is 8. The van der Waals surface area contributed by atoms with Gasteiger partial charge in [0.2, 0.25) is 0 Å². The Hall–Kier alpha value is -3.45. The first-order chi connectivity index (χ1) is 19.6. The fourth-order valence-corrected chi connectivity index (χ4v) is 6.37. The van der Waals surface area contributed by atoms with Gasteiger partial charge in [-0.15, -0.1) is 0 Å². The number of hydrogen-bond donors (Lipinski definition) is 1. The summed E-state index contributed by atoms with van der Waals surface area (Å²) in [5, 5.41) is 29.4. The molecule has 10 heteroatoms. The van der Waals surface area contributed by atoms with Crippen LogP contribution in [0.2, 0.25) is 5.02 Å². The van der Waals surface area contributed by atoms with E-state index in [1.165, 1.54) is 0 Å². The molecule has 6 rings (SSSR count). The number of nitriles is 1. The van der Waals surface area contributed by atoms with Crippen LogP contribution in [0.3, 0.4) is 0 Å². The van der Waals surface area contributed by atoms with Crippen molar-refractivity contribution in [3.63, 3.8) is 0 Å². The number of benzene rings is 1. The van der Waals surface area contributed by atoms with Crippen LogP contribution in [-0.2, 0) is 11.8 Å². The van der Waals surface area contributed by atoms with E-state index in [1.54, 1.807) is 0 Å². The third kappa shape index (κ3) is 5.44. The largest absolute Gasteiger partial charge is 0.395 e. The zero-order chi connectivity index (χ0) is 27.5. The molecular weight excluding hydrogens is 524 g/mol. The average molecular weight is 559 g/mol. The van der Waals surface area contributed by atoms with Crippen molar-refractivity contribution >= 4 is 22.9 Å². The van der Waals surface area contributed by atoms with Gasteiger partial charge in [-0.2, -0.15) is 15.5 Å². The summed E-state index contributed by atoms with van der Waals surface area (Å²) >= 11 is 6.11. The van der Waals surface area contributed by atoms with Crippen LogP contribution >= 0.6 is 11.6 Å². The minimum Gasteiger partial charge on any atom is -0.395 e. The summed E-state index contributed by atoms with van der Waals surface area (Å²) in [6.07, 6.45) is 11.0. The molecule has 0 atom stereocenters. The van der Waals surface area contributed by atoms with Crippen LogP contribution in [0.25, 0.3) is 5.65 Å². The van der Waals surface area contributed by atoms with Crippen LogP contribution in [-0.4, -0.2) is 73.7 Å². The van der Waals surface area contributed by atoms with E-state index in [4.69, 9.17) is 26.9 Å². The maximum atomic E-state index is 10.4. The Bertz CT molecular complexity index is 1470.